The Morgan fingerprint density at radius 2 is 1.37 bits per heavy atom. The molecule has 0 aromatic heterocycles. The van der Waals surface area contributed by atoms with Gasteiger partial charge in [-0.25, -0.2) is 13.1 Å². The van der Waals surface area contributed by atoms with Crippen LogP contribution in [0.15, 0.2) is 71.6 Å². The van der Waals surface area contributed by atoms with Crippen LogP contribution < -0.4 is 4.72 Å². The molecule has 3 aromatic carbocycles. The second-order valence-corrected chi connectivity index (χ2v) is 10.4. The van der Waals surface area contributed by atoms with Crippen LogP contribution in [-0.2, 0) is 16.4 Å². The van der Waals surface area contributed by atoms with E-state index >= 15 is 0 Å². The van der Waals surface area contributed by atoms with E-state index in [0.717, 1.165) is 11.1 Å². The zero-order valence-electron chi connectivity index (χ0n) is 15.9. The van der Waals surface area contributed by atoms with Crippen LogP contribution in [0.5, 0.6) is 0 Å². The molecule has 158 valence electrons. The third kappa shape index (κ3) is 5.91. The van der Waals surface area contributed by atoms with Crippen LogP contribution in [0.1, 0.15) is 24.0 Å². The summed E-state index contributed by atoms with van der Waals surface area (Å²) in [7, 11) is -3.80. The predicted molar refractivity (Wildman–Crippen MR) is 126 cm³/mol. The Bertz CT molecular complexity index is 1120. The van der Waals surface area contributed by atoms with E-state index in [1.165, 1.54) is 18.2 Å². The fraction of sp³-hybridized carbons (Fsp3) is 0.182. The van der Waals surface area contributed by atoms with Gasteiger partial charge in [-0.3, -0.25) is 0 Å². The molecule has 3 aromatic rings. The molecule has 0 bridgehead atoms. The Kier molecular flexibility index (Phi) is 7.72. The van der Waals surface area contributed by atoms with Crippen molar-refractivity contribution in [1.82, 2.24) is 4.72 Å². The smallest absolute Gasteiger partial charge is 0.208 e. The minimum absolute atomic E-state index is 0.0603. The lowest BCUT2D eigenvalue weighted by Gasteiger charge is -2.26. The van der Waals surface area contributed by atoms with Gasteiger partial charge in [-0.1, -0.05) is 70.7 Å². The Morgan fingerprint density at radius 1 is 0.800 bits per heavy atom. The Balaban J connectivity index is 1.90. The topological polar surface area (TPSA) is 46.2 Å². The van der Waals surface area contributed by atoms with Crippen LogP contribution in [0.2, 0.25) is 20.1 Å². The van der Waals surface area contributed by atoms with Crippen molar-refractivity contribution in [3.05, 3.63) is 97.9 Å². The molecule has 0 aliphatic carbocycles. The summed E-state index contributed by atoms with van der Waals surface area (Å²) in [5, 5.41) is 1.75. The summed E-state index contributed by atoms with van der Waals surface area (Å²) >= 11 is 24.0. The molecule has 0 saturated carbocycles. The summed E-state index contributed by atoms with van der Waals surface area (Å²) in [5.41, 5.74) is 2.01. The van der Waals surface area contributed by atoms with Crippen molar-refractivity contribution >= 4 is 56.4 Å². The van der Waals surface area contributed by atoms with Crippen LogP contribution in [0.25, 0.3) is 0 Å². The molecule has 3 rings (SSSR count). The summed E-state index contributed by atoms with van der Waals surface area (Å²) < 4.78 is 28.7. The van der Waals surface area contributed by atoms with Crippen molar-refractivity contribution < 1.29 is 8.42 Å². The molecule has 0 amide bonds. The molecule has 0 heterocycles. The minimum atomic E-state index is -3.80. The maximum Gasteiger partial charge on any atom is 0.240 e. The number of sulfonamides is 1. The molecule has 0 saturated heterocycles. The number of rotatable bonds is 7. The summed E-state index contributed by atoms with van der Waals surface area (Å²) in [6, 6.07) is 18.7. The van der Waals surface area contributed by atoms with Crippen molar-refractivity contribution in [2.75, 3.05) is 0 Å². The Hall–Kier alpha value is -1.27. The quantitative estimate of drug-likeness (QED) is 0.378. The number of hydrogen-bond donors (Lipinski definition) is 1. The van der Waals surface area contributed by atoms with Crippen molar-refractivity contribution in [3.8, 4) is 0 Å². The fourth-order valence-corrected chi connectivity index (χ4v) is 5.13. The number of hydrogen-bond acceptors (Lipinski definition) is 2. The highest BCUT2D eigenvalue weighted by molar-refractivity contribution is 7.89. The zero-order chi connectivity index (χ0) is 21.9. The highest BCUT2D eigenvalue weighted by atomic mass is 35.5. The summed E-state index contributed by atoms with van der Waals surface area (Å²) in [5.74, 6) is -0.138. The Labute approximate surface area is 197 Å². The molecule has 1 N–H and O–H groups in total. The molecule has 0 aliphatic heterocycles. The molecule has 0 spiro atoms. The van der Waals surface area contributed by atoms with Crippen molar-refractivity contribution in [3.63, 3.8) is 0 Å². The lowest BCUT2D eigenvalue weighted by atomic mass is 9.87. The van der Waals surface area contributed by atoms with Gasteiger partial charge in [-0.2, -0.15) is 0 Å². The highest BCUT2D eigenvalue weighted by Gasteiger charge is 2.26. The molecule has 0 radical (unpaired) electrons. The van der Waals surface area contributed by atoms with Gasteiger partial charge in [0.05, 0.1) is 14.9 Å². The lowest BCUT2D eigenvalue weighted by Crippen LogP contribution is -2.37. The zero-order valence-corrected chi connectivity index (χ0v) is 19.8. The van der Waals surface area contributed by atoms with Gasteiger partial charge >= 0.3 is 0 Å². The average molecular weight is 503 g/mol. The molecule has 8 heteroatoms. The van der Waals surface area contributed by atoms with E-state index in [9.17, 15) is 8.42 Å². The number of halogens is 4. The van der Waals surface area contributed by atoms with Crippen LogP contribution in [0.4, 0.5) is 0 Å². The van der Waals surface area contributed by atoms with Crippen molar-refractivity contribution in [2.24, 2.45) is 0 Å². The summed E-state index contributed by atoms with van der Waals surface area (Å²) in [4.78, 5) is 0.0603. The third-order valence-corrected chi connectivity index (χ3v) is 7.61. The van der Waals surface area contributed by atoms with Crippen LogP contribution in [-0.4, -0.2) is 14.5 Å². The standard InChI is InChI=1S/C22H19Cl4NO2S/c1-14(27-30(28,29)19-10-11-21(25)22(26)13-19)20(16-4-8-18(24)9-5-16)12-15-2-6-17(23)7-3-15/h2-11,13-14,20,27H,12H2,1H3. The van der Waals surface area contributed by atoms with Crippen LogP contribution in [0, 0.1) is 0 Å². The fourth-order valence-electron chi connectivity index (χ4n) is 3.21. The maximum atomic E-state index is 12.9. The highest BCUT2D eigenvalue weighted by Crippen LogP contribution is 2.29. The van der Waals surface area contributed by atoms with Gasteiger partial charge in [0.1, 0.15) is 0 Å². The monoisotopic (exact) mass is 501 g/mol. The van der Waals surface area contributed by atoms with Crippen LogP contribution >= 0.6 is 46.4 Å². The lowest BCUT2D eigenvalue weighted by molar-refractivity contribution is 0.503. The van der Waals surface area contributed by atoms with Gasteiger partial charge in [0.25, 0.3) is 0 Å². The van der Waals surface area contributed by atoms with E-state index in [4.69, 9.17) is 46.4 Å². The second-order valence-electron chi connectivity index (χ2n) is 6.97. The molecular weight excluding hydrogens is 484 g/mol. The summed E-state index contributed by atoms with van der Waals surface area (Å²) in [6.07, 6.45) is 0.615. The molecule has 30 heavy (non-hydrogen) atoms. The largest absolute Gasteiger partial charge is 0.240 e. The first-order chi connectivity index (χ1) is 14.2. The van der Waals surface area contributed by atoms with E-state index in [2.05, 4.69) is 4.72 Å². The van der Waals surface area contributed by atoms with Gasteiger partial charge in [-0.15, -0.1) is 0 Å². The first-order valence-corrected chi connectivity index (χ1v) is 12.1. The van der Waals surface area contributed by atoms with Gasteiger partial charge in [0.15, 0.2) is 0 Å². The number of nitrogens with one attached hydrogen (secondary N) is 1. The summed E-state index contributed by atoms with van der Waals surface area (Å²) in [6.45, 7) is 1.84. The minimum Gasteiger partial charge on any atom is -0.208 e. The average Bonchev–Trinajstić information content (AvgIpc) is 2.70. The van der Waals surface area contributed by atoms with Gasteiger partial charge in [0, 0.05) is 22.0 Å². The van der Waals surface area contributed by atoms with E-state index in [-0.39, 0.29) is 15.8 Å². The molecule has 0 fully saturated rings. The normalized spacial score (nSPS) is 13.8. The van der Waals surface area contributed by atoms with Gasteiger partial charge in [-0.05, 0) is 66.9 Å². The molecule has 0 aliphatic rings. The number of benzene rings is 3. The molecule has 2 atom stereocenters. The van der Waals surface area contributed by atoms with Crippen molar-refractivity contribution in [2.45, 2.75) is 30.2 Å². The van der Waals surface area contributed by atoms with E-state index in [1.807, 2.05) is 43.3 Å². The predicted octanol–water partition coefficient (Wildman–Crippen LogP) is 6.99. The van der Waals surface area contributed by atoms with Gasteiger partial charge in [0.2, 0.25) is 10.0 Å². The third-order valence-electron chi connectivity index (χ3n) is 4.81. The van der Waals surface area contributed by atoms with E-state index in [0.29, 0.717) is 21.5 Å². The maximum absolute atomic E-state index is 12.9. The second kappa shape index (κ2) is 9.90. The molecule has 2 unspecified atom stereocenters. The first kappa shape index (κ1) is 23.4. The van der Waals surface area contributed by atoms with E-state index in [1.54, 1.807) is 12.1 Å². The first-order valence-electron chi connectivity index (χ1n) is 9.13. The van der Waals surface area contributed by atoms with Crippen LogP contribution in [0.3, 0.4) is 0 Å². The van der Waals surface area contributed by atoms with Gasteiger partial charge < -0.3 is 0 Å². The SMILES string of the molecule is CC(NS(=O)(=O)c1ccc(Cl)c(Cl)c1)C(Cc1ccc(Cl)cc1)c1ccc(Cl)cc1. The Morgan fingerprint density at radius 3 is 1.93 bits per heavy atom. The molecule has 3 nitrogen and oxygen atoms in total. The molecular formula is C22H19Cl4NO2S. The van der Waals surface area contributed by atoms with E-state index < -0.39 is 16.1 Å². The van der Waals surface area contributed by atoms with Crippen molar-refractivity contribution in [1.29, 1.82) is 0 Å².